The number of carbonyl (C=O) groups is 1. The molecular weight excluding hydrogens is 433 g/mol. The highest BCUT2D eigenvalue weighted by Crippen LogP contribution is 2.29. The number of hydrogen-bond donors (Lipinski definition) is 2. The molecule has 3 aromatic rings. The van der Waals surface area contributed by atoms with Crippen molar-refractivity contribution >= 4 is 35.0 Å². The molecule has 0 atom stereocenters. The van der Waals surface area contributed by atoms with Crippen LogP contribution >= 0.6 is 11.6 Å². The maximum atomic E-state index is 13.4. The summed E-state index contributed by atoms with van der Waals surface area (Å²) < 4.78 is 18.3. The van der Waals surface area contributed by atoms with E-state index < -0.39 is 11.8 Å². The molecular formula is C23H25ClFN5O2. The van der Waals surface area contributed by atoms with Gasteiger partial charge in [-0.2, -0.15) is 4.98 Å². The molecule has 0 aliphatic heterocycles. The molecule has 0 aliphatic rings. The second-order valence-corrected chi connectivity index (χ2v) is 7.77. The van der Waals surface area contributed by atoms with E-state index in [1.807, 2.05) is 20.2 Å². The molecule has 0 fully saturated rings. The number of anilines is 3. The van der Waals surface area contributed by atoms with Crippen molar-refractivity contribution < 1.29 is 13.9 Å². The van der Waals surface area contributed by atoms with Crippen molar-refractivity contribution in [3.8, 4) is 11.1 Å². The summed E-state index contributed by atoms with van der Waals surface area (Å²) in [7, 11) is 5.38. The molecule has 0 amide bonds. The molecule has 0 saturated heterocycles. The summed E-state index contributed by atoms with van der Waals surface area (Å²) >= 11 is 5.87. The van der Waals surface area contributed by atoms with E-state index in [0.717, 1.165) is 24.1 Å². The van der Waals surface area contributed by atoms with Gasteiger partial charge in [0.05, 0.1) is 17.7 Å². The second-order valence-electron chi connectivity index (χ2n) is 7.37. The summed E-state index contributed by atoms with van der Waals surface area (Å²) in [4.78, 5) is 23.0. The SMILES string of the molecule is COC(=O)c1cccc(-c2cnc(Nc3ccc(F)c(Cl)c3)nc2NCCCN(C)C)c1. The number of benzene rings is 2. The van der Waals surface area contributed by atoms with Crippen LogP contribution in [0.1, 0.15) is 16.8 Å². The third-order valence-corrected chi connectivity index (χ3v) is 4.92. The smallest absolute Gasteiger partial charge is 0.337 e. The van der Waals surface area contributed by atoms with Crippen LogP contribution in [0.15, 0.2) is 48.7 Å². The summed E-state index contributed by atoms with van der Waals surface area (Å²) in [6.45, 7) is 1.62. The molecule has 0 saturated carbocycles. The van der Waals surface area contributed by atoms with Gasteiger partial charge in [0.1, 0.15) is 11.6 Å². The standard InChI is InChI=1S/C23H25ClFN5O2/c1-30(2)11-5-10-26-21-18(15-6-4-7-16(12-15)22(31)32-3)14-27-23(29-21)28-17-8-9-20(25)19(24)13-17/h4,6-9,12-14H,5,10-11H2,1-3H3,(H2,26,27,28,29). The molecule has 32 heavy (non-hydrogen) atoms. The topological polar surface area (TPSA) is 79.4 Å². The molecule has 9 heteroatoms. The molecule has 1 heterocycles. The van der Waals surface area contributed by atoms with Gasteiger partial charge in [-0.1, -0.05) is 23.7 Å². The summed E-state index contributed by atoms with van der Waals surface area (Å²) in [6.07, 6.45) is 2.58. The fourth-order valence-electron chi connectivity index (χ4n) is 3.02. The van der Waals surface area contributed by atoms with E-state index in [0.29, 0.717) is 29.6 Å². The lowest BCUT2D eigenvalue weighted by Crippen LogP contribution is -2.17. The van der Waals surface area contributed by atoms with Crippen molar-refractivity contribution in [1.82, 2.24) is 14.9 Å². The number of ether oxygens (including phenoxy) is 1. The first-order valence-corrected chi connectivity index (χ1v) is 10.4. The zero-order valence-corrected chi connectivity index (χ0v) is 18.9. The Kier molecular flexibility index (Phi) is 7.97. The van der Waals surface area contributed by atoms with Crippen molar-refractivity contribution in [3.63, 3.8) is 0 Å². The van der Waals surface area contributed by atoms with Crippen LogP contribution in [0.4, 0.5) is 21.8 Å². The number of esters is 1. The first-order chi connectivity index (χ1) is 15.4. The Balaban J connectivity index is 1.91. The van der Waals surface area contributed by atoms with Crippen LogP contribution in [0.25, 0.3) is 11.1 Å². The van der Waals surface area contributed by atoms with Crippen LogP contribution in [-0.4, -0.2) is 55.1 Å². The van der Waals surface area contributed by atoms with Crippen LogP contribution in [0, 0.1) is 5.82 Å². The van der Waals surface area contributed by atoms with E-state index in [1.165, 1.54) is 19.2 Å². The lowest BCUT2D eigenvalue weighted by molar-refractivity contribution is 0.0601. The summed E-state index contributed by atoms with van der Waals surface area (Å²) in [5.41, 5.74) is 2.52. The van der Waals surface area contributed by atoms with Crippen LogP contribution in [0.3, 0.4) is 0 Å². The lowest BCUT2D eigenvalue weighted by atomic mass is 10.0. The van der Waals surface area contributed by atoms with E-state index >= 15 is 0 Å². The maximum Gasteiger partial charge on any atom is 0.337 e. The van der Waals surface area contributed by atoms with Crippen molar-refractivity contribution in [1.29, 1.82) is 0 Å². The highest BCUT2D eigenvalue weighted by Gasteiger charge is 2.13. The highest BCUT2D eigenvalue weighted by molar-refractivity contribution is 6.31. The van der Waals surface area contributed by atoms with Gasteiger partial charge in [-0.15, -0.1) is 0 Å². The van der Waals surface area contributed by atoms with Crippen LogP contribution in [-0.2, 0) is 4.74 Å². The number of nitrogens with one attached hydrogen (secondary N) is 2. The summed E-state index contributed by atoms with van der Waals surface area (Å²) in [5.74, 6) is 0.0223. The van der Waals surface area contributed by atoms with Crippen molar-refractivity contribution in [3.05, 3.63) is 65.1 Å². The quantitative estimate of drug-likeness (QED) is 0.352. The molecule has 1 aromatic heterocycles. The van der Waals surface area contributed by atoms with Gasteiger partial charge in [0.2, 0.25) is 5.95 Å². The van der Waals surface area contributed by atoms with Gasteiger partial charge in [0.15, 0.2) is 0 Å². The molecule has 3 rings (SSSR count). The van der Waals surface area contributed by atoms with Crippen LogP contribution in [0.5, 0.6) is 0 Å². The Morgan fingerprint density at radius 2 is 2.03 bits per heavy atom. The van der Waals surface area contributed by atoms with E-state index in [9.17, 15) is 9.18 Å². The molecule has 0 spiro atoms. The third-order valence-electron chi connectivity index (χ3n) is 4.63. The normalized spacial score (nSPS) is 10.8. The zero-order valence-electron chi connectivity index (χ0n) is 18.2. The van der Waals surface area contributed by atoms with Gasteiger partial charge >= 0.3 is 5.97 Å². The fourth-order valence-corrected chi connectivity index (χ4v) is 3.21. The van der Waals surface area contributed by atoms with Crippen molar-refractivity contribution in [2.75, 3.05) is 44.9 Å². The number of aromatic nitrogens is 2. The van der Waals surface area contributed by atoms with E-state index in [4.69, 9.17) is 16.3 Å². The Morgan fingerprint density at radius 3 is 2.75 bits per heavy atom. The Labute approximate surface area is 191 Å². The Hall–Kier alpha value is -3.23. The highest BCUT2D eigenvalue weighted by atomic mass is 35.5. The molecule has 0 bridgehead atoms. The predicted octanol–water partition coefficient (Wildman–Crippen LogP) is 4.83. The van der Waals surface area contributed by atoms with E-state index in [1.54, 1.807) is 30.5 Å². The minimum atomic E-state index is -0.498. The van der Waals surface area contributed by atoms with E-state index in [2.05, 4.69) is 25.5 Å². The maximum absolute atomic E-state index is 13.4. The Morgan fingerprint density at radius 1 is 1.22 bits per heavy atom. The number of rotatable bonds is 9. The van der Waals surface area contributed by atoms with Gasteiger partial charge in [0, 0.05) is 24.0 Å². The molecule has 0 aliphatic carbocycles. The molecule has 168 valence electrons. The fraction of sp³-hybridized carbons (Fsp3) is 0.261. The zero-order chi connectivity index (χ0) is 23.1. The van der Waals surface area contributed by atoms with Gasteiger partial charge < -0.3 is 20.3 Å². The van der Waals surface area contributed by atoms with Crippen molar-refractivity contribution in [2.24, 2.45) is 0 Å². The largest absolute Gasteiger partial charge is 0.465 e. The summed E-state index contributed by atoms with van der Waals surface area (Å²) in [5, 5.41) is 6.41. The van der Waals surface area contributed by atoms with Crippen LogP contribution in [0.2, 0.25) is 5.02 Å². The monoisotopic (exact) mass is 457 g/mol. The molecule has 0 unspecified atom stereocenters. The minimum absolute atomic E-state index is 0.00767. The second kappa shape index (κ2) is 10.9. The number of hydrogen-bond acceptors (Lipinski definition) is 7. The van der Waals surface area contributed by atoms with Gasteiger partial charge in [-0.3, -0.25) is 0 Å². The van der Waals surface area contributed by atoms with Gasteiger partial charge in [-0.05, 0) is 63.0 Å². The molecule has 7 nitrogen and oxygen atoms in total. The number of nitrogens with zero attached hydrogens (tertiary/aromatic N) is 3. The number of methoxy groups -OCH3 is 1. The first-order valence-electron chi connectivity index (χ1n) is 10.0. The summed E-state index contributed by atoms with van der Waals surface area (Å²) in [6, 6.07) is 11.4. The predicted molar refractivity (Wildman–Crippen MR) is 125 cm³/mol. The van der Waals surface area contributed by atoms with Gasteiger partial charge in [0.25, 0.3) is 0 Å². The Bertz CT molecular complexity index is 1090. The number of halogens is 2. The lowest BCUT2D eigenvalue weighted by Gasteiger charge is -2.15. The number of carbonyl (C=O) groups excluding carboxylic acids is 1. The molecule has 2 N–H and O–H groups in total. The van der Waals surface area contributed by atoms with Crippen LogP contribution < -0.4 is 10.6 Å². The average molecular weight is 458 g/mol. The third kappa shape index (κ3) is 6.15. The van der Waals surface area contributed by atoms with Gasteiger partial charge in [-0.25, -0.2) is 14.2 Å². The minimum Gasteiger partial charge on any atom is -0.465 e. The molecule has 2 aromatic carbocycles. The molecule has 0 radical (unpaired) electrons. The van der Waals surface area contributed by atoms with E-state index in [-0.39, 0.29) is 5.02 Å². The average Bonchev–Trinajstić information content (AvgIpc) is 2.79. The van der Waals surface area contributed by atoms with Crippen molar-refractivity contribution in [2.45, 2.75) is 6.42 Å². The first kappa shape index (κ1) is 23.4.